The summed E-state index contributed by atoms with van der Waals surface area (Å²) in [5.41, 5.74) is 1.51. The fourth-order valence-corrected chi connectivity index (χ4v) is 4.55. The third-order valence-electron chi connectivity index (χ3n) is 6.33. The third-order valence-corrected chi connectivity index (χ3v) is 6.33. The standard InChI is InChI=1S/C26H37N5O2/c1-7-22-30-23(25(32)29-15-18-10-8-17(2)9-11-18)20(14-27)31(22)24-21(33-6)12-19(16-28-24)13-26(3,4)5/h12,16-18H,7-11,13,15H2,1-6H3,(H,29,32). The molecule has 7 heteroatoms. The van der Waals surface area contributed by atoms with Gasteiger partial charge >= 0.3 is 0 Å². The predicted molar refractivity (Wildman–Crippen MR) is 129 cm³/mol. The average Bonchev–Trinajstić information content (AvgIpc) is 3.16. The van der Waals surface area contributed by atoms with Crippen LogP contribution in [-0.4, -0.2) is 34.1 Å². The smallest absolute Gasteiger partial charge is 0.272 e. The Hall–Kier alpha value is -2.88. The number of methoxy groups -OCH3 is 1. The van der Waals surface area contributed by atoms with E-state index in [0.717, 1.165) is 30.7 Å². The monoisotopic (exact) mass is 451 g/mol. The molecule has 178 valence electrons. The maximum absolute atomic E-state index is 13.0. The Bertz CT molecular complexity index is 1020. The SMILES string of the molecule is CCc1nc(C(=O)NCC2CCC(C)CC2)c(C#N)n1-c1ncc(CC(C)(C)C)cc1OC. The van der Waals surface area contributed by atoms with Crippen molar-refractivity contribution in [3.8, 4) is 17.6 Å². The number of hydrogen-bond acceptors (Lipinski definition) is 5. The van der Waals surface area contributed by atoms with Crippen molar-refractivity contribution in [1.29, 1.82) is 5.26 Å². The fraction of sp³-hybridized carbons (Fsp3) is 0.615. The van der Waals surface area contributed by atoms with Crippen LogP contribution < -0.4 is 10.1 Å². The topological polar surface area (TPSA) is 92.8 Å². The maximum Gasteiger partial charge on any atom is 0.272 e. The normalized spacial score (nSPS) is 18.6. The summed E-state index contributed by atoms with van der Waals surface area (Å²) < 4.78 is 7.30. The molecule has 1 saturated carbocycles. The van der Waals surface area contributed by atoms with E-state index in [1.54, 1.807) is 11.7 Å². The maximum atomic E-state index is 13.0. The van der Waals surface area contributed by atoms with Crippen molar-refractivity contribution in [3.05, 3.63) is 35.0 Å². The van der Waals surface area contributed by atoms with Crippen molar-refractivity contribution in [3.63, 3.8) is 0 Å². The summed E-state index contributed by atoms with van der Waals surface area (Å²) in [5, 5.41) is 13.0. The highest BCUT2D eigenvalue weighted by Gasteiger charge is 2.26. The number of rotatable bonds is 7. The summed E-state index contributed by atoms with van der Waals surface area (Å²) in [6, 6.07) is 4.15. The molecule has 0 spiro atoms. The van der Waals surface area contributed by atoms with Crippen molar-refractivity contribution >= 4 is 5.91 Å². The average molecular weight is 452 g/mol. The Balaban J connectivity index is 1.90. The highest BCUT2D eigenvalue weighted by atomic mass is 16.5. The lowest BCUT2D eigenvalue weighted by Crippen LogP contribution is -2.31. The van der Waals surface area contributed by atoms with E-state index in [-0.39, 0.29) is 22.7 Å². The number of nitriles is 1. The van der Waals surface area contributed by atoms with Gasteiger partial charge in [0.25, 0.3) is 5.91 Å². The van der Waals surface area contributed by atoms with Crippen LogP contribution in [-0.2, 0) is 12.8 Å². The molecule has 1 N–H and O–H groups in total. The molecule has 2 heterocycles. The molecule has 0 aliphatic heterocycles. The number of amides is 1. The zero-order valence-corrected chi connectivity index (χ0v) is 20.9. The van der Waals surface area contributed by atoms with Gasteiger partial charge in [-0.2, -0.15) is 5.26 Å². The van der Waals surface area contributed by atoms with Gasteiger partial charge < -0.3 is 10.1 Å². The van der Waals surface area contributed by atoms with Gasteiger partial charge in [-0.25, -0.2) is 9.97 Å². The molecule has 0 aromatic carbocycles. The van der Waals surface area contributed by atoms with Gasteiger partial charge in [0, 0.05) is 19.2 Å². The van der Waals surface area contributed by atoms with E-state index in [1.807, 2.05) is 19.2 Å². The first-order chi connectivity index (χ1) is 15.7. The van der Waals surface area contributed by atoms with Crippen molar-refractivity contribution in [2.45, 2.75) is 73.1 Å². The molecule has 1 aliphatic carbocycles. The van der Waals surface area contributed by atoms with Crippen LogP contribution in [0.25, 0.3) is 5.82 Å². The van der Waals surface area contributed by atoms with Crippen LogP contribution in [0.15, 0.2) is 12.3 Å². The van der Waals surface area contributed by atoms with Crippen LogP contribution in [0.2, 0.25) is 0 Å². The first-order valence-corrected chi connectivity index (χ1v) is 12.0. The van der Waals surface area contributed by atoms with E-state index >= 15 is 0 Å². The highest BCUT2D eigenvalue weighted by Crippen LogP contribution is 2.30. The number of nitrogens with zero attached hydrogens (tertiary/aromatic N) is 4. The number of hydrogen-bond donors (Lipinski definition) is 1. The summed E-state index contributed by atoms with van der Waals surface area (Å²) in [6.45, 7) is 11.4. The minimum atomic E-state index is -0.304. The molecule has 1 fully saturated rings. The van der Waals surface area contributed by atoms with Gasteiger partial charge in [-0.1, -0.05) is 47.5 Å². The fourth-order valence-electron chi connectivity index (χ4n) is 4.55. The molecule has 0 bridgehead atoms. The number of ether oxygens (including phenoxy) is 1. The molecule has 0 saturated heterocycles. The lowest BCUT2D eigenvalue weighted by Gasteiger charge is -2.26. The van der Waals surface area contributed by atoms with Crippen molar-refractivity contribution in [2.75, 3.05) is 13.7 Å². The van der Waals surface area contributed by atoms with Crippen LogP contribution in [0.3, 0.4) is 0 Å². The Morgan fingerprint density at radius 3 is 2.58 bits per heavy atom. The lowest BCUT2D eigenvalue weighted by atomic mass is 9.83. The van der Waals surface area contributed by atoms with Crippen molar-refractivity contribution < 1.29 is 9.53 Å². The molecular formula is C26H37N5O2. The number of imidazole rings is 1. The van der Waals surface area contributed by atoms with Gasteiger partial charge in [-0.3, -0.25) is 9.36 Å². The minimum Gasteiger partial charge on any atom is -0.493 e. The summed E-state index contributed by atoms with van der Waals surface area (Å²) in [5.74, 6) is 2.60. The minimum absolute atomic E-state index is 0.108. The van der Waals surface area contributed by atoms with Gasteiger partial charge in [0.05, 0.1) is 7.11 Å². The summed E-state index contributed by atoms with van der Waals surface area (Å²) in [4.78, 5) is 22.2. The number of carbonyl (C=O) groups excluding carboxylic acids is 1. The van der Waals surface area contributed by atoms with E-state index in [4.69, 9.17) is 4.74 Å². The molecule has 2 aromatic rings. The predicted octanol–water partition coefficient (Wildman–Crippen LogP) is 4.85. The van der Waals surface area contributed by atoms with Crippen LogP contribution in [0, 0.1) is 28.6 Å². The molecule has 33 heavy (non-hydrogen) atoms. The second kappa shape index (κ2) is 10.4. The lowest BCUT2D eigenvalue weighted by molar-refractivity contribution is 0.0937. The number of aromatic nitrogens is 3. The molecule has 2 aromatic heterocycles. The molecule has 3 rings (SSSR count). The molecule has 1 aliphatic rings. The first kappa shape index (κ1) is 24.8. The molecule has 0 atom stereocenters. The van der Waals surface area contributed by atoms with Gasteiger partial charge in [0.1, 0.15) is 11.9 Å². The number of nitrogens with one attached hydrogen (secondary N) is 1. The molecule has 0 unspecified atom stereocenters. The Kier molecular flexibility index (Phi) is 7.78. The first-order valence-electron chi connectivity index (χ1n) is 12.0. The quantitative estimate of drug-likeness (QED) is 0.649. The number of carbonyl (C=O) groups is 1. The van der Waals surface area contributed by atoms with E-state index in [9.17, 15) is 10.1 Å². The van der Waals surface area contributed by atoms with Crippen LogP contribution >= 0.6 is 0 Å². The Labute approximate surface area is 197 Å². The largest absolute Gasteiger partial charge is 0.493 e. The van der Waals surface area contributed by atoms with Gasteiger partial charge in [0.15, 0.2) is 23.0 Å². The van der Waals surface area contributed by atoms with Crippen LogP contribution in [0.5, 0.6) is 5.75 Å². The second-order valence-corrected chi connectivity index (χ2v) is 10.5. The zero-order valence-electron chi connectivity index (χ0n) is 20.9. The second-order valence-electron chi connectivity index (χ2n) is 10.5. The molecule has 1 amide bonds. The number of pyridine rings is 1. The number of aryl methyl sites for hydroxylation is 1. The zero-order chi connectivity index (χ0) is 24.2. The Morgan fingerprint density at radius 2 is 2.00 bits per heavy atom. The highest BCUT2D eigenvalue weighted by molar-refractivity contribution is 5.94. The molecule has 7 nitrogen and oxygen atoms in total. The van der Waals surface area contributed by atoms with Gasteiger partial charge in [-0.15, -0.1) is 0 Å². The van der Waals surface area contributed by atoms with E-state index in [2.05, 4.69) is 49.0 Å². The Morgan fingerprint density at radius 1 is 1.30 bits per heavy atom. The van der Waals surface area contributed by atoms with E-state index < -0.39 is 0 Å². The van der Waals surface area contributed by atoms with Crippen molar-refractivity contribution in [1.82, 2.24) is 19.9 Å². The van der Waals surface area contributed by atoms with Gasteiger partial charge in [0.2, 0.25) is 0 Å². The van der Waals surface area contributed by atoms with Crippen LogP contribution in [0.4, 0.5) is 0 Å². The summed E-state index contributed by atoms with van der Waals surface area (Å²) in [6.07, 6.45) is 7.88. The summed E-state index contributed by atoms with van der Waals surface area (Å²) >= 11 is 0. The summed E-state index contributed by atoms with van der Waals surface area (Å²) in [7, 11) is 1.59. The molecule has 0 radical (unpaired) electrons. The third kappa shape index (κ3) is 5.93. The van der Waals surface area contributed by atoms with E-state index in [0.29, 0.717) is 36.3 Å². The van der Waals surface area contributed by atoms with Crippen LogP contribution in [0.1, 0.15) is 87.9 Å². The van der Waals surface area contributed by atoms with Gasteiger partial charge in [-0.05, 0) is 48.1 Å². The molecular weight excluding hydrogens is 414 g/mol. The van der Waals surface area contributed by atoms with E-state index in [1.165, 1.54) is 12.8 Å². The van der Waals surface area contributed by atoms with Crippen molar-refractivity contribution in [2.24, 2.45) is 17.3 Å².